The second-order valence-electron chi connectivity index (χ2n) is 4.63. The van der Waals surface area contributed by atoms with E-state index in [1.807, 2.05) is 19.9 Å². The summed E-state index contributed by atoms with van der Waals surface area (Å²) in [5, 5.41) is 9.17. The molecule has 1 aliphatic heterocycles. The maximum Gasteiger partial charge on any atom is 0.407 e. The molecule has 0 saturated heterocycles. The molecule has 5 nitrogen and oxygen atoms in total. The van der Waals surface area contributed by atoms with Crippen LogP contribution in [0.3, 0.4) is 0 Å². The van der Waals surface area contributed by atoms with Gasteiger partial charge in [-0.15, -0.1) is 0 Å². The lowest BCUT2D eigenvalue weighted by molar-refractivity contribution is 0.114. The average Bonchev–Trinajstić information content (AvgIpc) is 2.49. The van der Waals surface area contributed by atoms with E-state index in [1.54, 1.807) is 6.07 Å². The summed E-state index contributed by atoms with van der Waals surface area (Å²) in [5.41, 5.74) is 8.36. The van der Waals surface area contributed by atoms with Gasteiger partial charge >= 0.3 is 6.09 Å². The summed E-state index contributed by atoms with van der Waals surface area (Å²) in [4.78, 5) is 12.6. The Morgan fingerprint density at radius 2 is 2.33 bits per heavy atom. The molecule has 0 radical (unpaired) electrons. The first kappa shape index (κ1) is 12.5. The van der Waals surface area contributed by atoms with Crippen molar-refractivity contribution in [3.05, 3.63) is 23.3 Å². The quantitative estimate of drug-likeness (QED) is 0.749. The minimum Gasteiger partial charge on any atom is -0.488 e. The van der Waals surface area contributed by atoms with Gasteiger partial charge in [-0.05, 0) is 25.0 Å². The van der Waals surface area contributed by atoms with Gasteiger partial charge in [0.15, 0.2) is 0 Å². The summed E-state index contributed by atoms with van der Waals surface area (Å²) >= 11 is 0. The third-order valence-corrected chi connectivity index (χ3v) is 3.25. The van der Waals surface area contributed by atoms with Gasteiger partial charge in [0.2, 0.25) is 0 Å². The van der Waals surface area contributed by atoms with Gasteiger partial charge in [-0.25, -0.2) is 4.79 Å². The number of nitrogens with two attached hydrogens (primary N) is 1. The van der Waals surface area contributed by atoms with Gasteiger partial charge in [-0.1, -0.05) is 6.92 Å². The molecule has 0 aliphatic carbocycles. The predicted octanol–water partition coefficient (Wildman–Crippen LogP) is 2.23. The number of nitrogen functional groups attached to an aromatic ring is 1. The van der Waals surface area contributed by atoms with E-state index in [1.165, 1.54) is 4.90 Å². The number of ether oxygens (including phenoxy) is 1. The number of nitrogens with zero attached hydrogens (tertiary/aromatic N) is 1. The average molecular weight is 250 g/mol. The Morgan fingerprint density at radius 3 is 2.94 bits per heavy atom. The molecule has 0 bridgehead atoms. The third-order valence-electron chi connectivity index (χ3n) is 3.25. The molecule has 98 valence electrons. The predicted molar refractivity (Wildman–Crippen MR) is 68.7 cm³/mol. The van der Waals surface area contributed by atoms with Crippen LogP contribution >= 0.6 is 0 Å². The number of carbonyl (C=O) groups is 1. The number of anilines is 1. The monoisotopic (exact) mass is 250 g/mol. The SMILES string of the molecule is CC[C@@H]1CN(C(=O)O)Cc2cc(C)c(N)cc2O1. The first-order chi connectivity index (χ1) is 8.51. The number of rotatable bonds is 1. The fourth-order valence-corrected chi connectivity index (χ4v) is 2.09. The second-order valence-corrected chi connectivity index (χ2v) is 4.63. The number of hydrogen-bond donors (Lipinski definition) is 2. The molecule has 1 aromatic carbocycles. The van der Waals surface area contributed by atoms with Gasteiger partial charge in [-0.3, -0.25) is 0 Å². The normalized spacial score (nSPS) is 18.8. The Balaban J connectivity index is 2.40. The van der Waals surface area contributed by atoms with Crippen LogP contribution in [0.2, 0.25) is 0 Å². The fourth-order valence-electron chi connectivity index (χ4n) is 2.09. The van der Waals surface area contributed by atoms with Crippen LogP contribution in [-0.4, -0.2) is 28.7 Å². The van der Waals surface area contributed by atoms with Crippen molar-refractivity contribution < 1.29 is 14.6 Å². The molecule has 18 heavy (non-hydrogen) atoms. The molecular weight excluding hydrogens is 232 g/mol. The Kier molecular flexibility index (Phi) is 3.32. The van der Waals surface area contributed by atoms with Crippen molar-refractivity contribution in [1.82, 2.24) is 4.90 Å². The van der Waals surface area contributed by atoms with Crippen LogP contribution in [0.25, 0.3) is 0 Å². The Labute approximate surface area is 106 Å². The lowest BCUT2D eigenvalue weighted by atomic mass is 10.1. The van der Waals surface area contributed by atoms with Gasteiger partial charge in [-0.2, -0.15) is 0 Å². The van der Waals surface area contributed by atoms with E-state index in [-0.39, 0.29) is 6.10 Å². The highest BCUT2D eigenvalue weighted by molar-refractivity contribution is 5.66. The van der Waals surface area contributed by atoms with Crippen molar-refractivity contribution in [3.63, 3.8) is 0 Å². The molecule has 1 amide bonds. The van der Waals surface area contributed by atoms with Gasteiger partial charge in [0.1, 0.15) is 11.9 Å². The minimum atomic E-state index is -0.917. The molecular formula is C13H18N2O3. The standard InChI is InChI=1S/C13H18N2O3/c1-3-10-7-15(13(16)17)6-9-4-8(2)11(14)5-12(9)18-10/h4-5,10H,3,6-7,14H2,1-2H3,(H,16,17)/t10-/m1/s1. The van der Waals surface area contributed by atoms with E-state index in [9.17, 15) is 9.90 Å². The van der Waals surface area contributed by atoms with Crippen molar-refractivity contribution >= 4 is 11.8 Å². The third kappa shape index (κ3) is 2.34. The molecule has 1 heterocycles. The van der Waals surface area contributed by atoms with E-state index >= 15 is 0 Å². The van der Waals surface area contributed by atoms with Crippen LogP contribution in [-0.2, 0) is 6.54 Å². The van der Waals surface area contributed by atoms with Crippen LogP contribution in [0, 0.1) is 6.92 Å². The van der Waals surface area contributed by atoms with Gasteiger partial charge in [0, 0.05) is 17.3 Å². The van der Waals surface area contributed by atoms with Crippen LogP contribution in [0.5, 0.6) is 5.75 Å². The summed E-state index contributed by atoms with van der Waals surface area (Å²) in [7, 11) is 0. The van der Waals surface area contributed by atoms with E-state index < -0.39 is 6.09 Å². The largest absolute Gasteiger partial charge is 0.488 e. The molecule has 5 heteroatoms. The first-order valence-corrected chi connectivity index (χ1v) is 6.04. The molecule has 2 rings (SSSR count). The number of carboxylic acid groups (broad SMARTS) is 1. The molecule has 1 aliphatic rings. The lowest BCUT2D eigenvalue weighted by Crippen LogP contribution is -2.35. The number of amides is 1. The first-order valence-electron chi connectivity index (χ1n) is 6.04. The summed E-state index contributed by atoms with van der Waals surface area (Å²) in [5.74, 6) is 0.703. The Hall–Kier alpha value is -1.91. The summed E-state index contributed by atoms with van der Waals surface area (Å²) in [6, 6.07) is 3.69. The van der Waals surface area contributed by atoms with Gasteiger partial charge < -0.3 is 20.5 Å². The zero-order valence-electron chi connectivity index (χ0n) is 10.6. The minimum absolute atomic E-state index is 0.121. The Morgan fingerprint density at radius 1 is 1.61 bits per heavy atom. The van der Waals surface area contributed by atoms with Crippen molar-refractivity contribution in [2.45, 2.75) is 32.9 Å². The van der Waals surface area contributed by atoms with E-state index in [0.717, 1.165) is 17.5 Å². The zero-order valence-corrected chi connectivity index (χ0v) is 10.6. The van der Waals surface area contributed by atoms with Crippen LogP contribution in [0.4, 0.5) is 10.5 Å². The number of fused-ring (bicyclic) bond motifs is 1. The van der Waals surface area contributed by atoms with Gasteiger partial charge in [0.05, 0.1) is 13.1 Å². The van der Waals surface area contributed by atoms with Crippen LogP contribution in [0.1, 0.15) is 24.5 Å². The molecule has 3 N–H and O–H groups in total. The van der Waals surface area contributed by atoms with Crippen LogP contribution in [0.15, 0.2) is 12.1 Å². The number of hydrogen-bond acceptors (Lipinski definition) is 3. The smallest absolute Gasteiger partial charge is 0.407 e. The maximum absolute atomic E-state index is 11.2. The second kappa shape index (κ2) is 4.76. The van der Waals surface area contributed by atoms with Crippen molar-refractivity contribution in [2.24, 2.45) is 0 Å². The van der Waals surface area contributed by atoms with Crippen LogP contribution < -0.4 is 10.5 Å². The highest BCUT2D eigenvalue weighted by Gasteiger charge is 2.25. The maximum atomic E-state index is 11.2. The van der Waals surface area contributed by atoms with E-state index in [4.69, 9.17) is 10.5 Å². The van der Waals surface area contributed by atoms with E-state index in [2.05, 4.69) is 0 Å². The highest BCUT2D eigenvalue weighted by Crippen LogP contribution is 2.30. The molecule has 0 aromatic heterocycles. The lowest BCUT2D eigenvalue weighted by Gasteiger charge is -2.20. The summed E-state index contributed by atoms with van der Waals surface area (Å²) in [6.45, 7) is 4.62. The summed E-state index contributed by atoms with van der Waals surface area (Å²) in [6.07, 6.45) is -0.277. The highest BCUT2D eigenvalue weighted by atomic mass is 16.5. The Bertz CT molecular complexity index is 474. The van der Waals surface area contributed by atoms with Crippen molar-refractivity contribution in [3.8, 4) is 5.75 Å². The molecule has 1 atom stereocenters. The fraction of sp³-hybridized carbons (Fsp3) is 0.462. The zero-order chi connectivity index (χ0) is 13.3. The van der Waals surface area contributed by atoms with Crippen molar-refractivity contribution in [1.29, 1.82) is 0 Å². The molecule has 0 saturated carbocycles. The topological polar surface area (TPSA) is 75.8 Å². The van der Waals surface area contributed by atoms with Crippen molar-refractivity contribution in [2.75, 3.05) is 12.3 Å². The molecule has 0 unspecified atom stereocenters. The summed E-state index contributed by atoms with van der Waals surface area (Å²) < 4.78 is 5.84. The molecule has 0 fully saturated rings. The number of aryl methyl sites for hydroxylation is 1. The van der Waals surface area contributed by atoms with E-state index in [0.29, 0.717) is 24.5 Å². The molecule has 0 spiro atoms. The van der Waals surface area contributed by atoms with Gasteiger partial charge in [0.25, 0.3) is 0 Å². The number of benzene rings is 1. The molecule has 1 aromatic rings.